The Kier molecular flexibility index (Phi) is 10.9. The Morgan fingerprint density at radius 3 is 2.60 bits per heavy atom. The van der Waals surface area contributed by atoms with Crippen molar-refractivity contribution in [2.45, 2.75) is 57.8 Å². The standard InChI is InChI=1S/C37H48N8O5SSi/c1-52(2,3)21-19-50-27-44-34(23-32-35(39-26-40-36(32)44)43-15-17-49-18-16-43)29-7-9-30(10-8-29)41-37(46)33-22-28(11-12-38-33)24-42-13-4-6-31(25-42)45-14-5-20-51(45,47)48/h5,7-12,20,22-23,26,31H,4,6,13-19,21,24-25,27H2,1-3H3,(H,41,46)/t31-/m1/s1. The molecule has 0 bridgehead atoms. The van der Waals surface area contributed by atoms with Crippen LogP contribution in [0.2, 0.25) is 25.7 Å². The number of nitrogens with zero attached hydrogens (tertiary/aromatic N) is 7. The topological polar surface area (TPSA) is 135 Å². The van der Waals surface area contributed by atoms with Crippen LogP contribution in [0.3, 0.4) is 0 Å². The largest absolute Gasteiger partial charge is 0.378 e. The van der Waals surface area contributed by atoms with Gasteiger partial charge in [0, 0.05) is 70.7 Å². The smallest absolute Gasteiger partial charge is 0.274 e. The highest BCUT2D eigenvalue weighted by Crippen LogP contribution is 2.33. The fourth-order valence-electron chi connectivity index (χ4n) is 7.07. The zero-order chi connectivity index (χ0) is 36.3. The van der Waals surface area contributed by atoms with Crippen LogP contribution in [0.25, 0.3) is 22.3 Å². The molecule has 1 atom stereocenters. The van der Waals surface area contributed by atoms with Crippen molar-refractivity contribution in [3.8, 4) is 11.3 Å². The van der Waals surface area contributed by atoms with Gasteiger partial charge in [-0.1, -0.05) is 37.8 Å². The number of aromatic nitrogens is 4. The average Bonchev–Trinajstić information content (AvgIpc) is 3.69. The normalized spacial score (nSPS) is 19.8. The molecule has 13 nitrogen and oxygen atoms in total. The van der Waals surface area contributed by atoms with Gasteiger partial charge >= 0.3 is 0 Å². The summed E-state index contributed by atoms with van der Waals surface area (Å²) in [6, 6.07) is 14.7. The molecule has 4 aromatic rings. The van der Waals surface area contributed by atoms with Gasteiger partial charge in [0.1, 0.15) is 30.2 Å². The van der Waals surface area contributed by atoms with Crippen molar-refractivity contribution < 1.29 is 22.7 Å². The highest BCUT2D eigenvalue weighted by molar-refractivity contribution is 7.92. The molecule has 0 saturated carbocycles. The lowest BCUT2D eigenvalue weighted by atomic mass is 10.0. The van der Waals surface area contributed by atoms with Crippen LogP contribution in [0.5, 0.6) is 0 Å². The second kappa shape index (κ2) is 15.5. The second-order valence-electron chi connectivity index (χ2n) is 14.9. The number of carbonyl (C=O) groups excluding carboxylic acids is 1. The van der Waals surface area contributed by atoms with Crippen molar-refractivity contribution in [1.82, 2.24) is 28.7 Å². The van der Waals surface area contributed by atoms with E-state index in [0.717, 1.165) is 72.2 Å². The number of carbonyl (C=O) groups is 1. The molecule has 3 aliphatic rings. The van der Waals surface area contributed by atoms with E-state index in [9.17, 15) is 13.2 Å². The van der Waals surface area contributed by atoms with E-state index in [1.165, 1.54) is 5.41 Å². The van der Waals surface area contributed by atoms with Crippen molar-refractivity contribution >= 4 is 46.5 Å². The van der Waals surface area contributed by atoms with Crippen molar-refractivity contribution in [1.29, 1.82) is 0 Å². The number of hydrogen-bond acceptors (Lipinski definition) is 10. The molecule has 0 unspecified atom stereocenters. The zero-order valence-electron chi connectivity index (χ0n) is 30.2. The second-order valence-corrected chi connectivity index (χ2v) is 22.3. The summed E-state index contributed by atoms with van der Waals surface area (Å²) in [5.74, 6) is 0.599. The third kappa shape index (κ3) is 8.45. The lowest BCUT2D eigenvalue weighted by Crippen LogP contribution is -2.48. The summed E-state index contributed by atoms with van der Waals surface area (Å²) < 4.78 is 40.4. The highest BCUT2D eigenvalue weighted by Gasteiger charge is 2.34. The van der Waals surface area contributed by atoms with Crippen molar-refractivity contribution in [2.75, 3.05) is 62.8 Å². The van der Waals surface area contributed by atoms with E-state index in [2.05, 4.69) is 55.4 Å². The van der Waals surface area contributed by atoms with Gasteiger partial charge in [-0.15, -0.1) is 0 Å². The third-order valence-electron chi connectivity index (χ3n) is 9.87. The van der Waals surface area contributed by atoms with Crippen LogP contribution < -0.4 is 10.2 Å². The number of benzene rings is 1. The van der Waals surface area contributed by atoms with E-state index in [0.29, 0.717) is 57.6 Å². The summed E-state index contributed by atoms with van der Waals surface area (Å²) in [6.07, 6.45) is 6.75. The first-order valence-electron chi connectivity index (χ1n) is 18.1. The van der Waals surface area contributed by atoms with E-state index in [1.54, 1.807) is 22.9 Å². The Hall–Kier alpha value is -3.99. The Balaban J connectivity index is 1.05. The van der Waals surface area contributed by atoms with Crippen LogP contribution >= 0.6 is 0 Å². The minimum absolute atomic E-state index is 0.0511. The van der Waals surface area contributed by atoms with Gasteiger partial charge in [-0.05, 0) is 66.9 Å². The minimum atomic E-state index is -3.33. The van der Waals surface area contributed by atoms with Crippen molar-refractivity contribution in [3.63, 3.8) is 0 Å². The molecule has 52 heavy (non-hydrogen) atoms. The first kappa shape index (κ1) is 36.4. The number of ether oxygens (including phenoxy) is 2. The molecule has 276 valence electrons. The number of amides is 1. The van der Waals surface area contributed by atoms with Crippen LogP contribution in [-0.2, 0) is 32.8 Å². The molecular weight excluding hydrogens is 697 g/mol. The van der Waals surface area contributed by atoms with Gasteiger partial charge in [0.15, 0.2) is 0 Å². The number of sulfonamides is 1. The summed E-state index contributed by atoms with van der Waals surface area (Å²) >= 11 is 0. The van der Waals surface area contributed by atoms with Gasteiger partial charge in [-0.2, -0.15) is 4.31 Å². The summed E-state index contributed by atoms with van der Waals surface area (Å²) in [7, 11) is -4.58. The number of nitrogens with one attached hydrogen (secondary N) is 1. The SMILES string of the molecule is C[Si](C)(C)CCOCn1c(-c2ccc(NC(=O)c3cc(CN4CCC[C@@H](N5CC=CS5(=O)=O)C4)ccn3)cc2)cc2c(N3CCOCC3)ncnc21. The lowest BCUT2D eigenvalue weighted by molar-refractivity contribution is 0.0909. The van der Waals surface area contributed by atoms with Gasteiger partial charge in [0.2, 0.25) is 10.0 Å². The van der Waals surface area contributed by atoms with Crippen LogP contribution in [0.1, 0.15) is 28.9 Å². The van der Waals surface area contributed by atoms with Gasteiger partial charge in [-0.25, -0.2) is 18.4 Å². The molecule has 3 aliphatic heterocycles. The van der Waals surface area contributed by atoms with E-state index >= 15 is 0 Å². The number of likely N-dealkylation sites (tertiary alicyclic amines) is 1. The predicted octanol–water partition coefficient (Wildman–Crippen LogP) is 5.02. The zero-order valence-corrected chi connectivity index (χ0v) is 32.0. The van der Waals surface area contributed by atoms with Crippen LogP contribution in [0.15, 0.2) is 66.5 Å². The molecule has 1 amide bonds. The maximum Gasteiger partial charge on any atom is 0.274 e. The molecule has 7 rings (SSSR count). The molecule has 1 N–H and O–H groups in total. The maximum atomic E-state index is 13.4. The van der Waals surface area contributed by atoms with E-state index in [1.807, 2.05) is 36.4 Å². The number of hydrogen-bond donors (Lipinski definition) is 1. The molecular formula is C37H48N8O5SSi. The third-order valence-corrected chi connectivity index (χ3v) is 13.2. The molecule has 1 aromatic carbocycles. The Morgan fingerprint density at radius 2 is 1.85 bits per heavy atom. The maximum absolute atomic E-state index is 13.4. The fourth-order valence-corrected chi connectivity index (χ4v) is 9.20. The van der Waals surface area contributed by atoms with Gasteiger partial charge < -0.3 is 24.3 Å². The Bertz CT molecular complexity index is 2030. The van der Waals surface area contributed by atoms with E-state index in [4.69, 9.17) is 14.5 Å². The molecule has 6 heterocycles. The highest BCUT2D eigenvalue weighted by atomic mass is 32.2. The molecule has 0 radical (unpaired) electrons. The van der Waals surface area contributed by atoms with Crippen LogP contribution in [0.4, 0.5) is 11.5 Å². The van der Waals surface area contributed by atoms with Crippen molar-refractivity contribution in [3.05, 3.63) is 77.7 Å². The quantitative estimate of drug-likeness (QED) is 0.156. The molecule has 2 saturated heterocycles. The van der Waals surface area contributed by atoms with E-state index < -0.39 is 18.1 Å². The van der Waals surface area contributed by atoms with Crippen LogP contribution in [-0.4, -0.2) is 110 Å². The van der Waals surface area contributed by atoms with Crippen molar-refractivity contribution in [2.24, 2.45) is 0 Å². The Morgan fingerprint density at radius 1 is 1.04 bits per heavy atom. The monoisotopic (exact) mass is 744 g/mol. The van der Waals surface area contributed by atoms with Gasteiger partial charge in [0.25, 0.3) is 5.91 Å². The first-order chi connectivity index (χ1) is 25.0. The summed E-state index contributed by atoms with van der Waals surface area (Å²) in [4.78, 5) is 31.6. The van der Waals surface area contributed by atoms with E-state index in [-0.39, 0.29) is 11.9 Å². The summed E-state index contributed by atoms with van der Waals surface area (Å²) in [6.45, 7) is 13.5. The fraction of sp³-hybridized carbons (Fsp3) is 0.459. The molecule has 3 aromatic heterocycles. The molecule has 0 aliphatic carbocycles. The number of morpholine rings is 1. The number of fused-ring (bicyclic) bond motifs is 1. The first-order valence-corrected chi connectivity index (χ1v) is 23.3. The molecule has 0 spiro atoms. The Labute approximate surface area is 306 Å². The van der Waals surface area contributed by atoms with Gasteiger partial charge in [-0.3, -0.25) is 14.7 Å². The number of piperidine rings is 1. The number of rotatable bonds is 12. The number of anilines is 2. The molecule has 15 heteroatoms. The van der Waals surface area contributed by atoms with Gasteiger partial charge in [0.05, 0.1) is 24.3 Å². The number of pyridine rings is 1. The lowest BCUT2D eigenvalue weighted by Gasteiger charge is -2.36. The summed E-state index contributed by atoms with van der Waals surface area (Å²) in [5, 5.41) is 5.28. The predicted molar refractivity (Wildman–Crippen MR) is 205 cm³/mol. The summed E-state index contributed by atoms with van der Waals surface area (Å²) in [5.41, 5.74) is 4.69. The minimum Gasteiger partial charge on any atom is -0.378 e. The molecule has 2 fully saturated rings. The van der Waals surface area contributed by atoms with Crippen LogP contribution in [0, 0.1) is 0 Å². The average molecular weight is 745 g/mol.